The number of aryl methyl sites for hydroxylation is 1. The quantitative estimate of drug-likeness (QED) is 0.848. The highest BCUT2D eigenvalue weighted by atomic mass is 16.3. The molecule has 1 aliphatic rings. The Labute approximate surface area is 150 Å². The predicted molar refractivity (Wildman–Crippen MR) is 105 cm³/mol. The van der Waals surface area contributed by atoms with E-state index in [1.165, 1.54) is 16.5 Å². The number of aliphatic hydroxyl groups excluding tert-OH is 1. The first-order chi connectivity index (χ1) is 12.1. The van der Waals surface area contributed by atoms with Gasteiger partial charge in [0.25, 0.3) is 0 Å². The zero-order valence-electron chi connectivity index (χ0n) is 15.6. The van der Waals surface area contributed by atoms with Gasteiger partial charge in [0.1, 0.15) is 5.82 Å². The molecule has 0 bridgehead atoms. The monoisotopic (exact) mass is 339 g/mol. The minimum atomic E-state index is 0.230. The van der Waals surface area contributed by atoms with Crippen LogP contribution in [0.5, 0.6) is 0 Å². The Hall–Kier alpha value is -1.91. The number of rotatable bonds is 5. The Bertz CT molecular complexity index is 752. The van der Waals surface area contributed by atoms with Gasteiger partial charge in [0.2, 0.25) is 0 Å². The average Bonchev–Trinajstić information content (AvgIpc) is 2.60. The van der Waals surface area contributed by atoms with Gasteiger partial charge in [-0.1, -0.05) is 29.8 Å². The SMILES string of the molecule is CC(C)=CCN1CCN(c2cc(C)c3ccccc3n2)C[C@@H]1CCO. The van der Waals surface area contributed by atoms with Gasteiger partial charge < -0.3 is 10.0 Å². The van der Waals surface area contributed by atoms with Crippen molar-refractivity contribution in [3.63, 3.8) is 0 Å². The number of aliphatic hydroxyl groups is 1. The lowest BCUT2D eigenvalue weighted by Crippen LogP contribution is -2.53. The summed E-state index contributed by atoms with van der Waals surface area (Å²) in [5, 5.41) is 10.7. The van der Waals surface area contributed by atoms with Gasteiger partial charge in [-0.2, -0.15) is 0 Å². The fourth-order valence-corrected chi connectivity index (χ4v) is 3.56. The summed E-state index contributed by atoms with van der Waals surface area (Å²) >= 11 is 0. The van der Waals surface area contributed by atoms with Crippen molar-refractivity contribution >= 4 is 16.7 Å². The van der Waals surface area contributed by atoms with E-state index in [0.717, 1.165) is 43.9 Å². The van der Waals surface area contributed by atoms with E-state index in [4.69, 9.17) is 4.98 Å². The lowest BCUT2D eigenvalue weighted by atomic mass is 10.1. The molecule has 0 amide bonds. The van der Waals surface area contributed by atoms with Gasteiger partial charge in [-0.25, -0.2) is 4.98 Å². The van der Waals surface area contributed by atoms with Crippen LogP contribution in [0.15, 0.2) is 42.0 Å². The summed E-state index contributed by atoms with van der Waals surface area (Å²) in [6.45, 7) is 10.5. The zero-order valence-corrected chi connectivity index (χ0v) is 15.6. The van der Waals surface area contributed by atoms with Crippen LogP contribution in [-0.2, 0) is 0 Å². The lowest BCUT2D eigenvalue weighted by Gasteiger charge is -2.41. The fourth-order valence-electron chi connectivity index (χ4n) is 3.56. The van der Waals surface area contributed by atoms with Crippen LogP contribution in [0.3, 0.4) is 0 Å². The van der Waals surface area contributed by atoms with Crippen LogP contribution in [0.2, 0.25) is 0 Å². The summed E-state index contributed by atoms with van der Waals surface area (Å²) < 4.78 is 0. The second-order valence-electron chi connectivity index (χ2n) is 7.20. The molecule has 3 rings (SSSR count). The Kier molecular flexibility index (Phi) is 5.71. The topological polar surface area (TPSA) is 39.6 Å². The molecule has 0 aliphatic carbocycles. The lowest BCUT2D eigenvalue weighted by molar-refractivity contribution is 0.155. The van der Waals surface area contributed by atoms with Gasteiger partial charge in [0.05, 0.1) is 5.52 Å². The molecule has 2 heterocycles. The third-order valence-electron chi connectivity index (χ3n) is 5.03. The van der Waals surface area contributed by atoms with E-state index >= 15 is 0 Å². The van der Waals surface area contributed by atoms with Crippen molar-refractivity contribution < 1.29 is 5.11 Å². The molecule has 0 saturated carbocycles. The van der Waals surface area contributed by atoms with Crippen LogP contribution in [0.1, 0.15) is 25.8 Å². The molecule has 1 aliphatic heterocycles. The van der Waals surface area contributed by atoms with E-state index in [9.17, 15) is 5.11 Å². The number of hydrogen-bond acceptors (Lipinski definition) is 4. The largest absolute Gasteiger partial charge is 0.396 e. The van der Waals surface area contributed by atoms with Crippen LogP contribution in [0.4, 0.5) is 5.82 Å². The summed E-state index contributed by atoms with van der Waals surface area (Å²) in [7, 11) is 0. The third kappa shape index (κ3) is 4.20. The number of anilines is 1. The number of para-hydroxylation sites is 1. The number of piperazine rings is 1. The van der Waals surface area contributed by atoms with Crippen LogP contribution < -0.4 is 4.90 Å². The molecular formula is C21H29N3O. The normalized spacial score (nSPS) is 18.6. The molecule has 0 spiro atoms. The number of nitrogens with zero attached hydrogens (tertiary/aromatic N) is 3. The van der Waals surface area contributed by atoms with E-state index < -0.39 is 0 Å². The average molecular weight is 339 g/mol. The fraction of sp³-hybridized carbons (Fsp3) is 0.476. The molecule has 1 atom stereocenters. The van der Waals surface area contributed by atoms with Crippen LogP contribution >= 0.6 is 0 Å². The van der Waals surface area contributed by atoms with Crippen molar-refractivity contribution in [1.29, 1.82) is 0 Å². The molecule has 0 radical (unpaired) electrons. The molecule has 1 fully saturated rings. The third-order valence-corrected chi connectivity index (χ3v) is 5.03. The maximum absolute atomic E-state index is 9.48. The first-order valence-electron chi connectivity index (χ1n) is 9.18. The predicted octanol–water partition coefficient (Wildman–Crippen LogP) is 3.38. The number of benzene rings is 1. The Morgan fingerprint density at radius 1 is 1.28 bits per heavy atom. The zero-order chi connectivity index (χ0) is 17.8. The highest BCUT2D eigenvalue weighted by Crippen LogP contribution is 2.25. The summed E-state index contributed by atoms with van der Waals surface area (Å²) in [5.41, 5.74) is 3.67. The van der Waals surface area contributed by atoms with Gasteiger partial charge in [-0.3, -0.25) is 4.90 Å². The van der Waals surface area contributed by atoms with Crippen molar-refractivity contribution in [2.75, 3.05) is 37.7 Å². The van der Waals surface area contributed by atoms with Gasteiger partial charge in [0, 0.05) is 44.2 Å². The molecule has 134 valence electrons. The van der Waals surface area contributed by atoms with Crippen molar-refractivity contribution in [3.05, 3.63) is 47.5 Å². The number of fused-ring (bicyclic) bond motifs is 1. The molecule has 0 unspecified atom stereocenters. The maximum atomic E-state index is 9.48. The maximum Gasteiger partial charge on any atom is 0.129 e. The smallest absolute Gasteiger partial charge is 0.129 e. The van der Waals surface area contributed by atoms with Gasteiger partial charge in [0.15, 0.2) is 0 Å². The minimum absolute atomic E-state index is 0.230. The Morgan fingerprint density at radius 2 is 2.08 bits per heavy atom. The summed E-state index contributed by atoms with van der Waals surface area (Å²) in [6.07, 6.45) is 3.08. The van der Waals surface area contributed by atoms with Crippen molar-refractivity contribution in [2.24, 2.45) is 0 Å². The van der Waals surface area contributed by atoms with Gasteiger partial charge in [-0.15, -0.1) is 0 Å². The van der Waals surface area contributed by atoms with Crippen LogP contribution in [0, 0.1) is 6.92 Å². The van der Waals surface area contributed by atoms with Crippen molar-refractivity contribution in [1.82, 2.24) is 9.88 Å². The highest BCUT2D eigenvalue weighted by molar-refractivity contribution is 5.83. The Balaban J connectivity index is 1.81. The second kappa shape index (κ2) is 7.98. The van der Waals surface area contributed by atoms with Crippen LogP contribution in [0.25, 0.3) is 10.9 Å². The molecular weight excluding hydrogens is 310 g/mol. The van der Waals surface area contributed by atoms with E-state index in [0.29, 0.717) is 6.04 Å². The highest BCUT2D eigenvalue weighted by Gasteiger charge is 2.26. The number of allylic oxidation sites excluding steroid dienone is 1. The standard InChI is InChI=1S/C21H29N3O/c1-16(2)8-10-23-11-12-24(15-18(23)9-13-25)21-14-17(3)19-6-4-5-7-20(19)22-21/h4-8,14,18,25H,9-13,15H2,1-3H3/t18-/m0/s1. The number of pyridine rings is 1. The number of aromatic nitrogens is 1. The minimum Gasteiger partial charge on any atom is -0.396 e. The first kappa shape index (κ1) is 17.9. The van der Waals surface area contributed by atoms with E-state index in [-0.39, 0.29) is 6.61 Å². The second-order valence-corrected chi connectivity index (χ2v) is 7.20. The summed E-state index contributed by atoms with van der Waals surface area (Å²) in [4.78, 5) is 9.74. The summed E-state index contributed by atoms with van der Waals surface area (Å²) in [6, 6.07) is 10.9. The van der Waals surface area contributed by atoms with E-state index in [2.05, 4.69) is 60.9 Å². The molecule has 2 aromatic rings. The molecule has 1 saturated heterocycles. The van der Waals surface area contributed by atoms with Gasteiger partial charge in [-0.05, 0) is 44.9 Å². The molecule has 1 aromatic carbocycles. The molecule has 4 nitrogen and oxygen atoms in total. The molecule has 1 N–H and O–H groups in total. The first-order valence-corrected chi connectivity index (χ1v) is 9.18. The van der Waals surface area contributed by atoms with Crippen molar-refractivity contribution in [3.8, 4) is 0 Å². The van der Waals surface area contributed by atoms with E-state index in [1.54, 1.807) is 0 Å². The molecule has 4 heteroatoms. The van der Waals surface area contributed by atoms with Gasteiger partial charge >= 0.3 is 0 Å². The van der Waals surface area contributed by atoms with E-state index in [1.807, 2.05) is 6.07 Å². The molecule has 25 heavy (non-hydrogen) atoms. The summed E-state index contributed by atoms with van der Waals surface area (Å²) in [5.74, 6) is 1.06. The number of hydrogen-bond donors (Lipinski definition) is 1. The van der Waals surface area contributed by atoms with Crippen LogP contribution in [-0.4, -0.2) is 53.8 Å². The Morgan fingerprint density at radius 3 is 2.84 bits per heavy atom. The molecule has 1 aromatic heterocycles. The van der Waals surface area contributed by atoms with Crippen molar-refractivity contribution in [2.45, 2.75) is 33.2 Å².